The molecule has 0 saturated carbocycles. The maximum atomic E-state index is 9.00. The summed E-state index contributed by atoms with van der Waals surface area (Å²) in [6.07, 6.45) is 3.60. The van der Waals surface area contributed by atoms with Crippen LogP contribution in [-0.2, 0) is 6.54 Å². The third kappa shape index (κ3) is 2.05. The molecule has 3 aromatic rings. The number of aromatic amines is 1. The van der Waals surface area contributed by atoms with Gasteiger partial charge in [-0.3, -0.25) is 5.10 Å². The number of rotatable bonds is 3. The van der Waals surface area contributed by atoms with E-state index in [2.05, 4.69) is 39.7 Å². The molecule has 0 aliphatic carbocycles. The van der Waals surface area contributed by atoms with Crippen LogP contribution in [0, 0.1) is 17.2 Å². The fourth-order valence-corrected chi connectivity index (χ4v) is 2.34. The van der Waals surface area contributed by atoms with E-state index in [0.717, 1.165) is 29.0 Å². The summed E-state index contributed by atoms with van der Waals surface area (Å²) in [4.78, 5) is 4.67. The van der Waals surface area contributed by atoms with Gasteiger partial charge in [0.2, 0.25) is 0 Å². The Kier molecular flexibility index (Phi) is 2.99. The summed E-state index contributed by atoms with van der Waals surface area (Å²) in [5, 5.41) is 15.8. The highest BCUT2D eigenvalue weighted by Crippen LogP contribution is 2.25. The first-order valence-corrected chi connectivity index (χ1v) is 6.58. The number of hydrogen-bond donors (Lipinski definition) is 1. The summed E-state index contributed by atoms with van der Waals surface area (Å²) in [6.45, 7) is 5.23. The number of hydrogen-bond acceptors (Lipinski definition) is 3. The first kappa shape index (κ1) is 12.4. The average molecular weight is 265 g/mol. The Morgan fingerprint density at radius 2 is 2.25 bits per heavy atom. The standard InChI is InChI=1S/C15H15N5/c1-10(2)9-20-14-4-3-11(6-16)5-13(14)19-15(20)12-7-17-18-8-12/h3-5,7-8,10H,9H2,1-2H3,(H,17,18). The van der Waals surface area contributed by atoms with Crippen LogP contribution in [0.1, 0.15) is 19.4 Å². The zero-order valence-electron chi connectivity index (χ0n) is 11.5. The van der Waals surface area contributed by atoms with E-state index in [-0.39, 0.29) is 0 Å². The molecular weight excluding hydrogens is 250 g/mol. The Morgan fingerprint density at radius 3 is 2.90 bits per heavy atom. The third-order valence-electron chi connectivity index (χ3n) is 3.18. The predicted molar refractivity (Wildman–Crippen MR) is 76.9 cm³/mol. The van der Waals surface area contributed by atoms with Crippen molar-refractivity contribution in [3.63, 3.8) is 0 Å². The van der Waals surface area contributed by atoms with Gasteiger partial charge in [-0.2, -0.15) is 10.4 Å². The molecule has 100 valence electrons. The van der Waals surface area contributed by atoms with Gasteiger partial charge in [0.1, 0.15) is 5.82 Å². The lowest BCUT2D eigenvalue weighted by molar-refractivity contribution is 0.536. The molecule has 20 heavy (non-hydrogen) atoms. The van der Waals surface area contributed by atoms with Crippen molar-refractivity contribution in [2.24, 2.45) is 5.92 Å². The number of aromatic nitrogens is 4. The van der Waals surface area contributed by atoms with E-state index in [1.807, 2.05) is 24.4 Å². The first-order chi connectivity index (χ1) is 9.69. The fourth-order valence-electron chi connectivity index (χ4n) is 2.34. The maximum absolute atomic E-state index is 9.00. The van der Waals surface area contributed by atoms with Gasteiger partial charge in [-0.25, -0.2) is 4.98 Å². The topological polar surface area (TPSA) is 70.3 Å². The summed E-state index contributed by atoms with van der Waals surface area (Å²) in [5.41, 5.74) is 3.49. The van der Waals surface area contributed by atoms with Crippen molar-refractivity contribution in [2.75, 3.05) is 0 Å². The Balaban J connectivity index is 2.24. The minimum absolute atomic E-state index is 0.508. The van der Waals surface area contributed by atoms with Crippen LogP contribution >= 0.6 is 0 Å². The van der Waals surface area contributed by atoms with Gasteiger partial charge >= 0.3 is 0 Å². The second-order valence-electron chi connectivity index (χ2n) is 5.24. The third-order valence-corrected chi connectivity index (χ3v) is 3.18. The van der Waals surface area contributed by atoms with E-state index in [1.165, 1.54) is 0 Å². The van der Waals surface area contributed by atoms with Crippen molar-refractivity contribution in [1.29, 1.82) is 5.26 Å². The highest BCUT2D eigenvalue weighted by molar-refractivity contribution is 5.81. The van der Waals surface area contributed by atoms with E-state index in [1.54, 1.807) is 6.20 Å². The number of imidazole rings is 1. The molecule has 0 radical (unpaired) electrons. The normalized spacial score (nSPS) is 11.1. The average Bonchev–Trinajstić information content (AvgIpc) is 3.05. The molecule has 0 spiro atoms. The van der Waals surface area contributed by atoms with Gasteiger partial charge in [0.25, 0.3) is 0 Å². The Morgan fingerprint density at radius 1 is 1.40 bits per heavy atom. The number of H-pyrrole nitrogens is 1. The lowest BCUT2D eigenvalue weighted by Crippen LogP contribution is -2.05. The van der Waals surface area contributed by atoms with Gasteiger partial charge in [-0.05, 0) is 24.1 Å². The Hall–Kier alpha value is -2.61. The van der Waals surface area contributed by atoms with Crippen LogP contribution in [0.3, 0.4) is 0 Å². The second kappa shape index (κ2) is 4.82. The van der Waals surface area contributed by atoms with Crippen LogP contribution in [0.2, 0.25) is 0 Å². The molecule has 0 bridgehead atoms. The van der Waals surface area contributed by atoms with Gasteiger partial charge in [0.15, 0.2) is 0 Å². The van der Waals surface area contributed by atoms with Crippen molar-refractivity contribution in [3.05, 3.63) is 36.2 Å². The van der Waals surface area contributed by atoms with Crippen molar-refractivity contribution in [3.8, 4) is 17.5 Å². The SMILES string of the molecule is CC(C)Cn1c(-c2cn[nH]c2)nc2cc(C#N)ccc21. The molecule has 0 amide bonds. The summed E-state index contributed by atoms with van der Waals surface area (Å²) >= 11 is 0. The summed E-state index contributed by atoms with van der Waals surface area (Å²) in [6, 6.07) is 7.78. The van der Waals surface area contributed by atoms with Crippen LogP contribution in [0.15, 0.2) is 30.6 Å². The van der Waals surface area contributed by atoms with Gasteiger partial charge in [0, 0.05) is 12.7 Å². The minimum Gasteiger partial charge on any atom is -0.324 e. The number of nitriles is 1. The molecule has 0 fully saturated rings. The predicted octanol–water partition coefficient (Wildman–Crippen LogP) is 2.95. The Bertz CT molecular complexity index is 775. The summed E-state index contributed by atoms with van der Waals surface area (Å²) < 4.78 is 2.19. The second-order valence-corrected chi connectivity index (χ2v) is 5.24. The summed E-state index contributed by atoms with van der Waals surface area (Å²) in [7, 11) is 0. The Labute approximate surface area is 116 Å². The smallest absolute Gasteiger partial charge is 0.144 e. The van der Waals surface area contributed by atoms with E-state index >= 15 is 0 Å². The molecule has 0 aliphatic heterocycles. The van der Waals surface area contributed by atoms with E-state index in [0.29, 0.717) is 11.5 Å². The van der Waals surface area contributed by atoms with Crippen molar-refractivity contribution in [2.45, 2.75) is 20.4 Å². The molecule has 2 heterocycles. The molecule has 0 atom stereocenters. The largest absolute Gasteiger partial charge is 0.324 e. The first-order valence-electron chi connectivity index (χ1n) is 6.58. The molecule has 1 aromatic carbocycles. The van der Waals surface area contributed by atoms with Crippen molar-refractivity contribution in [1.82, 2.24) is 19.7 Å². The molecule has 0 aliphatic rings. The van der Waals surface area contributed by atoms with E-state index in [9.17, 15) is 0 Å². The van der Waals surface area contributed by atoms with Gasteiger partial charge in [-0.1, -0.05) is 13.8 Å². The zero-order chi connectivity index (χ0) is 14.1. The molecular formula is C15H15N5. The lowest BCUT2D eigenvalue weighted by Gasteiger charge is -2.10. The maximum Gasteiger partial charge on any atom is 0.144 e. The highest BCUT2D eigenvalue weighted by atomic mass is 15.1. The quantitative estimate of drug-likeness (QED) is 0.791. The molecule has 5 heteroatoms. The summed E-state index contributed by atoms with van der Waals surface area (Å²) in [5.74, 6) is 1.39. The van der Waals surface area contributed by atoms with Crippen LogP contribution in [0.25, 0.3) is 22.4 Å². The number of benzene rings is 1. The molecule has 5 nitrogen and oxygen atoms in total. The van der Waals surface area contributed by atoms with Crippen LogP contribution < -0.4 is 0 Å². The molecule has 1 N–H and O–H groups in total. The number of nitrogens with one attached hydrogen (secondary N) is 1. The van der Waals surface area contributed by atoms with E-state index in [4.69, 9.17) is 5.26 Å². The van der Waals surface area contributed by atoms with Gasteiger partial charge < -0.3 is 4.57 Å². The number of nitrogens with zero attached hydrogens (tertiary/aromatic N) is 4. The molecule has 3 rings (SSSR count). The molecule has 2 aromatic heterocycles. The van der Waals surface area contributed by atoms with Crippen molar-refractivity contribution < 1.29 is 0 Å². The van der Waals surface area contributed by atoms with E-state index < -0.39 is 0 Å². The minimum atomic E-state index is 0.508. The van der Waals surface area contributed by atoms with Gasteiger partial charge in [0.05, 0.1) is 34.4 Å². The zero-order valence-corrected chi connectivity index (χ0v) is 11.5. The van der Waals surface area contributed by atoms with Gasteiger partial charge in [-0.15, -0.1) is 0 Å². The highest BCUT2D eigenvalue weighted by Gasteiger charge is 2.14. The molecule has 0 unspecified atom stereocenters. The van der Waals surface area contributed by atoms with Crippen LogP contribution in [-0.4, -0.2) is 19.7 Å². The monoisotopic (exact) mass is 265 g/mol. The fraction of sp³-hybridized carbons (Fsp3) is 0.267. The molecule has 0 saturated heterocycles. The van der Waals surface area contributed by atoms with Crippen molar-refractivity contribution >= 4 is 11.0 Å². The number of fused-ring (bicyclic) bond motifs is 1. The van der Waals surface area contributed by atoms with Crippen LogP contribution in [0.5, 0.6) is 0 Å². The lowest BCUT2D eigenvalue weighted by atomic mass is 10.2. The van der Waals surface area contributed by atoms with Crippen LogP contribution in [0.4, 0.5) is 0 Å².